The minimum absolute atomic E-state index is 0.412. The van der Waals surface area contributed by atoms with Crippen molar-refractivity contribution in [3.8, 4) is 0 Å². The fourth-order valence-corrected chi connectivity index (χ4v) is 1.87. The molecule has 0 atom stereocenters. The number of hydrogen-bond donors (Lipinski definition) is 1. The number of benzene rings is 1. The van der Waals surface area contributed by atoms with Gasteiger partial charge in [-0.2, -0.15) is 0 Å². The molecule has 0 unspecified atom stereocenters. The van der Waals surface area contributed by atoms with Crippen LogP contribution in [0, 0.1) is 0 Å². The van der Waals surface area contributed by atoms with E-state index in [9.17, 15) is 4.79 Å². The highest BCUT2D eigenvalue weighted by Gasteiger charge is 2.08. The van der Waals surface area contributed by atoms with Gasteiger partial charge in [0.2, 0.25) is 0 Å². The highest BCUT2D eigenvalue weighted by molar-refractivity contribution is 9.08. The Balaban J connectivity index is 2.88. The van der Waals surface area contributed by atoms with E-state index in [1.54, 1.807) is 9.66 Å². The first-order chi connectivity index (χ1) is 6.20. The number of hydrogen-bond acceptors (Lipinski definition) is 1. The van der Waals surface area contributed by atoms with Crippen LogP contribution in [-0.4, -0.2) is 9.50 Å². The van der Waals surface area contributed by atoms with Crippen LogP contribution in [0.15, 0.2) is 30.5 Å². The number of amides is 1. The average molecular weight is 239 g/mol. The molecule has 1 amide bonds. The van der Waals surface area contributed by atoms with Crippen molar-refractivity contribution in [1.82, 2.24) is 3.59 Å². The maximum absolute atomic E-state index is 11.1. The van der Waals surface area contributed by atoms with E-state index in [2.05, 4.69) is 16.1 Å². The van der Waals surface area contributed by atoms with Gasteiger partial charge in [0.15, 0.2) is 0 Å². The molecule has 66 valence electrons. The number of nitrogens with two attached hydrogens (primary N) is 1. The molecule has 2 aromatic rings. The third-order valence-electron chi connectivity index (χ3n) is 1.93. The van der Waals surface area contributed by atoms with Crippen molar-refractivity contribution in [3.63, 3.8) is 0 Å². The van der Waals surface area contributed by atoms with Crippen LogP contribution in [0.5, 0.6) is 0 Å². The van der Waals surface area contributed by atoms with Gasteiger partial charge in [0.1, 0.15) is 0 Å². The van der Waals surface area contributed by atoms with Crippen molar-refractivity contribution in [3.05, 3.63) is 36.0 Å². The van der Waals surface area contributed by atoms with Gasteiger partial charge in [0.05, 0.1) is 27.2 Å². The molecule has 2 N–H and O–H groups in total. The van der Waals surface area contributed by atoms with Gasteiger partial charge >= 0.3 is 0 Å². The first-order valence-electron chi connectivity index (χ1n) is 3.76. The van der Waals surface area contributed by atoms with Gasteiger partial charge in [-0.05, 0) is 12.1 Å². The summed E-state index contributed by atoms with van der Waals surface area (Å²) in [5.74, 6) is -0.412. The molecule has 13 heavy (non-hydrogen) atoms. The Morgan fingerprint density at radius 2 is 2.15 bits per heavy atom. The van der Waals surface area contributed by atoms with Crippen LogP contribution in [0.2, 0.25) is 0 Å². The van der Waals surface area contributed by atoms with Crippen LogP contribution in [-0.2, 0) is 0 Å². The number of nitrogens with zero attached hydrogens (tertiary/aromatic N) is 1. The van der Waals surface area contributed by atoms with Crippen LogP contribution >= 0.6 is 16.1 Å². The molecule has 0 fully saturated rings. The molecule has 0 radical (unpaired) electrons. The maximum Gasteiger partial charge on any atom is 0.250 e. The van der Waals surface area contributed by atoms with Crippen molar-refractivity contribution in [2.24, 2.45) is 5.73 Å². The SMILES string of the molecule is NC(=O)c1cccc2ccn(Br)c12. The lowest BCUT2D eigenvalue weighted by atomic mass is 10.1. The van der Waals surface area contributed by atoms with E-state index in [4.69, 9.17) is 5.73 Å². The predicted molar refractivity (Wildman–Crippen MR) is 54.8 cm³/mol. The number of carbonyl (C=O) groups excluding carboxylic acids is 1. The van der Waals surface area contributed by atoms with E-state index in [1.165, 1.54) is 0 Å². The quantitative estimate of drug-likeness (QED) is 0.811. The molecular weight excluding hydrogens is 232 g/mol. The molecule has 3 nitrogen and oxygen atoms in total. The minimum atomic E-state index is -0.412. The minimum Gasteiger partial charge on any atom is -0.366 e. The topological polar surface area (TPSA) is 48.0 Å². The largest absolute Gasteiger partial charge is 0.366 e. The second-order valence-corrected chi connectivity index (χ2v) is 3.50. The Morgan fingerprint density at radius 1 is 1.38 bits per heavy atom. The summed E-state index contributed by atoms with van der Waals surface area (Å²) in [6, 6.07) is 7.37. The standard InChI is InChI=1S/C9H7BrN2O/c10-12-5-4-6-2-1-3-7(8(6)12)9(11)13/h1-5H,(H2,11,13). The van der Waals surface area contributed by atoms with Crippen LogP contribution in [0.1, 0.15) is 10.4 Å². The fourth-order valence-electron chi connectivity index (χ4n) is 1.35. The fraction of sp³-hybridized carbons (Fsp3) is 0. The summed E-state index contributed by atoms with van der Waals surface area (Å²) < 4.78 is 1.71. The van der Waals surface area contributed by atoms with Crippen molar-refractivity contribution in [2.45, 2.75) is 0 Å². The van der Waals surface area contributed by atoms with Gasteiger partial charge in [0.25, 0.3) is 5.91 Å². The summed E-state index contributed by atoms with van der Waals surface area (Å²) in [6.07, 6.45) is 1.83. The molecule has 0 saturated carbocycles. The second kappa shape index (κ2) is 2.88. The lowest BCUT2D eigenvalue weighted by molar-refractivity contribution is 0.100. The molecule has 0 spiro atoms. The maximum atomic E-state index is 11.1. The van der Waals surface area contributed by atoms with E-state index in [0.717, 1.165) is 10.9 Å². The Kier molecular flexibility index (Phi) is 1.84. The predicted octanol–water partition coefficient (Wildman–Crippen LogP) is 1.90. The molecular formula is C9H7BrN2O. The molecule has 0 saturated heterocycles. The Morgan fingerprint density at radius 3 is 2.85 bits per heavy atom. The van der Waals surface area contributed by atoms with E-state index in [-0.39, 0.29) is 0 Å². The zero-order valence-corrected chi connectivity index (χ0v) is 8.28. The molecule has 0 aliphatic heterocycles. The second-order valence-electron chi connectivity index (χ2n) is 2.73. The van der Waals surface area contributed by atoms with Crippen LogP contribution in [0.3, 0.4) is 0 Å². The van der Waals surface area contributed by atoms with E-state index < -0.39 is 5.91 Å². The molecule has 2 rings (SSSR count). The highest BCUT2D eigenvalue weighted by Crippen LogP contribution is 2.21. The molecule has 1 heterocycles. The Labute approximate surface area is 83.5 Å². The molecule has 4 heteroatoms. The monoisotopic (exact) mass is 238 g/mol. The summed E-state index contributed by atoms with van der Waals surface area (Å²) in [4.78, 5) is 11.1. The third kappa shape index (κ3) is 1.23. The Hall–Kier alpha value is -1.29. The first-order valence-corrected chi connectivity index (χ1v) is 4.47. The van der Waals surface area contributed by atoms with Crippen LogP contribution < -0.4 is 5.73 Å². The van der Waals surface area contributed by atoms with Gasteiger partial charge in [-0.3, -0.25) is 8.39 Å². The highest BCUT2D eigenvalue weighted by atomic mass is 79.9. The zero-order valence-electron chi connectivity index (χ0n) is 6.70. The number of primary amides is 1. The number of rotatable bonds is 1. The van der Waals surface area contributed by atoms with Gasteiger partial charge in [0, 0.05) is 11.6 Å². The number of aromatic nitrogens is 1. The van der Waals surface area contributed by atoms with Gasteiger partial charge in [-0.15, -0.1) is 0 Å². The van der Waals surface area contributed by atoms with Crippen LogP contribution in [0.25, 0.3) is 10.9 Å². The number of halogens is 1. The summed E-state index contributed by atoms with van der Waals surface area (Å²) in [7, 11) is 0. The number of para-hydroxylation sites is 1. The van der Waals surface area contributed by atoms with Crippen molar-refractivity contribution >= 4 is 33.0 Å². The van der Waals surface area contributed by atoms with Gasteiger partial charge in [-0.1, -0.05) is 12.1 Å². The van der Waals surface area contributed by atoms with E-state index >= 15 is 0 Å². The summed E-state index contributed by atoms with van der Waals surface area (Å²) in [5, 5.41) is 0.994. The summed E-state index contributed by atoms with van der Waals surface area (Å²) in [6.45, 7) is 0. The molecule has 0 bridgehead atoms. The van der Waals surface area contributed by atoms with Crippen LogP contribution in [0.4, 0.5) is 0 Å². The molecule has 0 aliphatic carbocycles. The molecule has 1 aromatic heterocycles. The molecule has 1 aromatic carbocycles. The summed E-state index contributed by atoms with van der Waals surface area (Å²) >= 11 is 3.29. The smallest absolute Gasteiger partial charge is 0.250 e. The number of carbonyl (C=O) groups is 1. The molecule has 0 aliphatic rings. The summed E-state index contributed by atoms with van der Waals surface area (Å²) in [5.41, 5.74) is 6.58. The first kappa shape index (κ1) is 8.31. The van der Waals surface area contributed by atoms with E-state index in [1.807, 2.05) is 24.4 Å². The number of fused-ring (bicyclic) bond motifs is 1. The third-order valence-corrected chi connectivity index (χ3v) is 2.52. The van der Waals surface area contributed by atoms with Crippen molar-refractivity contribution in [2.75, 3.05) is 0 Å². The van der Waals surface area contributed by atoms with Crippen molar-refractivity contribution < 1.29 is 4.79 Å². The van der Waals surface area contributed by atoms with E-state index in [0.29, 0.717) is 5.56 Å². The van der Waals surface area contributed by atoms with Crippen molar-refractivity contribution in [1.29, 1.82) is 0 Å². The average Bonchev–Trinajstić information content (AvgIpc) is 2.48. The lowest BCUT2D eigenvalue weighted by Gasteiger charge is -1.99. The zero-order chi connectivity index (χ0) is 9.42. The van der Waals surface area contributed by atoms with Gasteiger partial charge < -0.3 is 5.73 Å². The lowest BCUT2D eigenvalue weighted by Crippen LogP contribution is -2.11. The Bertz CT molecular complexity index is 475. The normalized spacial score (nSPS) is 10.5. The van der Waals surface area contributed by atoms with Gasteiger partial charge in [-0.25, -0.2) is 0 Å².